The second-order valence-corrected chi connectivity index (χ2v) is 6.27. The molecule has 2 aromatic carbocycles. The summed E-state index contributed by atoms with van der Waals surface area (Å²) in [7, 11) is 0. The first-order valence-corrected chi connectivity index (χ1v) is 8.33. The molecule has 0 aliphatic carbocycles. The molecule has 0 atom stereocenters. The fourth-order valence-electron chi connectivity index (χ4n) is 2.06. The maximum Gasteiger partial charge on any atom is 0.248 e. The van der Waals surface area contributed by atoms with Gasteiger partial charge in [0.15, 0.2) is 5.11 Å². The monoisotopic (exact) mass is 395 g/mol. The number of hydrogen-bond donors (Lipinski definition) is 2. The number of benzene rings is 2. The molecule has 0 unspecified atom stereocenters. The van der Waals surface area contributed by atoms with Crippen LogP contribution in [0.25, 0.3) is 0 Å². The van der Waals surface area contributed by atoms with Crippen LogP contribution in [0.15, 0.2) is 48.8 Å². The van der Waals surface area contributed by atoms with Crippen molar-refractivity contribution in [3.63, 3.8) is 0 Å². The average molecular weight is 396 g/mol. The predicted octanol–water partition coefficient (Wildman–Crippen LogP) is 4.58. The topological polar surface area (TPSA) is 54.8 Å². The van der Waals surface area contributed by atoms with Crippen molar-refractivity contribution in [2.24, 2.45) is 0 Å². The van der Waals surface area contributed by atoms with Crippen molar-refractivity contribution in [1.82, 2.24) is 14.8 Å². The molecule has 0 aliphatic heterocycles. The molecule has 0 fully saturated rings. The third-order valence-corrected chi connectivity index (χ3v) is 4.24. The molecule has 0 amide bonds. The normalized spacial score (nSPS) is 10.5. The van der Waals surface area contributed by atoms with Crippen LogP contribution in [0, 0.1) is 5.82 Å². The molecule has 3 aromatic rings. The number of anilines is 2. The molecule has 128 valence electrons. The summed E-state index contributed by atoms with van der Waals surface area (Å²) >= 11 is 17.3. The van der Waals surface area contributed by atoms with Crippen LogP contribution < -0.4 is 10.6 Å². The molecule has 25 heavy (non-hydrogen) atoms. The highest BCUT2D eigenvalue weighted by atomic mass is 35.5. The van der Waals surface area contributed by atoms with Gasteiger partial charge in [0.2, 0.25) is 5.95 Å². The van der Waals surface area contributed by atoms with Crippen LogP contribution in [0.3, 0.4) is 0 Å². The molecule has 1 aromatic heterocycles. The van der Waals surface area contributed by atoms with Crippen LogP contribution >= 0.6 is 35.4 Å². The van der Waals surface area contributed by atoms with Gasteiger partial charge in [-0.3, -0.25) is 5.32 Å². The lowest BCUT2D eigenvalue weighted by atomic mass is 10.2. The van der Waals surface area contributed by atoms with Gasteiger partial charge >= 0.3 is 0 Å². The number of halogens is 3. The van der Waals surface area contributed by atoms with Crippen LogP contribution in [0.5, 0.6) is 0 Å². The lowest BCUT2D eigenvalue weighted by molar-refractivity contribution is 0.624. The molecular weight excluding hydrogens is 384 g/mol. The minimum Gasteiger partial charge on any atom is -0.331 e. The van der Waals surface area contributed by atoms with Crippen molar-refractivity contribution in [2.45, 2.75) is 6.54 Å². The van der Waals surface area contributed by atoms with Crippen LogP contribution in [-0.2, 0) is 6.54 Å². The fraction of sp³-hybridized carbons (Fsp3) is 0.0625. The Kier molecular flexibility index (Phi) is 5.47. The quantitative estimate of drug-likeness (QED) is 0.633. The standard InChI is InChI=1S/C16H12Cl2FN5S/c17-12-2-1-3-13(14(12)18)21-16(25)22-15-20-9-24(23-15)8-10-4-6-11(19)7-5-10/h1-7,9H,8H2,(H2,21,22,23,25). The van der Waals surface area contributed by atoms with Gasteiger partial charge in [0, 0.05) is 0 Å². The summed E-state index contributed by atoms with van der Waals surface area (Å²) in [5, 5.41) is 11.2. The molecule has 0 spiro atoms. The molecule has 0 aliphatic rings. The minimum absolute atomic E-state index is 0.277. The highest BCUT2D eigenvalue weighted by Gasteiger charge is 2.08. The van der Waals surface area contributed by atoms with Gasteiger partial charge in [0.05, 0.1) is 22.3 Å². The van der Waals surface area contributed by atoms with Gasteiger partial charge in [-0.1, -0.05) is 41.4 Å². The van der Waals surface area contributed by atoms with Crippen molar-refractivity contribution in [3.05, 3.63) is 70.2 Å². The first kappa shape index (κ1) is 17.6. The lowest BCUT2D eigenvalue weighted by Crippen LogP contribution is -2.20. The van der Waals surface area contributed by atoms with Crippen LogP contribution in [0.2, 0.25) is 10.0 Å². The van der Waals surface area contributed by atoms with E-state index in [4.69, 9.17) is 35.4 Å². The van der Waals surface area contributed by atoms with Crippen molar-refractivity contribution in [2.75, 3.05) is 10.6 Å². The number of rotatable bonds is 4. The van der Waals surface area contributed by atoms with Gasteiger partial charge in [-0.25, -0.2) is 14.1 Å². The van der Waals surface area contributed by atoms with E-state index in [-0.39, 0.29) is 10.9 Å². The van der Waals surface area contributed by atoms with Gasteiger partial charge in [-0.15, -0.1) is 5.10 Å². The maximum atomic E-state index is 12.9. The fourth-order valence-corrected chi connectivity index (χ4v) is 2.61. The number of nitrogens with zero attached hydrogens (tertiary/aromatic N) is 3. The zero-order valence-electron chi connectivity index (χ0n) is 12.7. The Bertz CT molecular complexity index is 898. The highest BCUT2D eigenvalue weighted by molar-refractivity contribution is 7.80. The van der Waals surface area contributed by atoms with E-state index in [2.05, 4.69) is 20.7 Å². The van der Waals surface area contributed by atoms with Crippen LogP contribution in [0.4, 0.5) is 16.0 Å². The number of hydrogen-bond acceptors (Lipinski definition) is 3. The molecule has 0 bridgehead atoms. The second-order valence-electron chi connectivity index (χ2n) is 5.07. The van der Waals surface area contributed by atoms with Crippen molar-refractivity contribution in [1.29, 1.82) is 0 Å². The van der Waals surface area contributed by atoms with Gasteiger partial charge < -0.3 is 5.32 Å². The van der Waals surface area contributed by atoms with E-state index in [0.717, 1.165) is 5.56 Å². The SMILES string of the molecule is Fc1ccc(Cn2cnc(NC(=S)Nc3cccc(Cl)c3Cl)n2)cc1. The molecule has 0 saturated heterocycles. The lowest BCUT2D eigenvalue weighted by Gasteiger charge is -2.10. The summed E-state index contributed by atoms with van der Waals surface area (Å²) in [6.07, 6.45) is 1.56. The first-order valence-electron chi connectivity index (χ1n) is 7.17. The summed E-state index contributed by atoms with van der Waals surface area (Å²) in [4.78, 5) is 4.13. The van der Waals surface area contributed by atoms with E-state index in [0.29, 0.717) is 28.2 Å². The molecule has 0 saturated carbocycles. The Morgan fingerprint density at radius 2 is 1.88 bits per heavy atom. The zero-order valence-corrected chi connectivity index (χ0v) is 15.0. The van der Waals surface area contributed by atoms with E-state index < -0.39 is 0 Å². The average Bonchev–Trinajstić information content (AvgIpc) is 3.01. The van der Waals surface area contributed by atoms with E-state index in [1.54, 1.807) is 41.3 Å². The minimum atomic E-state index is -0.277. The van der Waals surface area contributed by atoms with Crippen molar-refractivity contribution < 1.29 is 4.39 Å². The highest BCUT2D eigenvalue weighted by Crippen LogP contribution is 2.29. The van der Waals surface area contributed by atoms with Crippen molar-refractivity contribution in [3.8, 4) is 0 Å². The summed E-state index contributed by atoms with van der Waals surface area (Å²) in [5.41, 5.74) is 1.49. The summed E-state index contributed by atoms with van der Waals surface area (Å²) in [6.45, 7) is 0.468. The molecule has 1 heterocycles. The predicted molar refractivity (Wildman–Crippen MR) is 102 cm³/mol. The van der Waals surface area contributed by atoms with Crippen molar-refractivity contribution >= 4 is 52.2 Å². The van der Waals surface area contributed by atoms with Gasteiger partial charge in [-0.05, 0) is 42.0 Å². The third kappa shape index (κ3) is 4.66. The number of thiocarbonyl (C=S) groups is 1. The second kappa shape index (κ2) is 7.77. The van der Waals surface area contributed by atoms with E-state index in [1.165, 1.54) is 12.1 Å². The molecule has 2 N–H and O–H groups in total. The molecule has 0 radical (unpaired) electrons. The summed E-state index contributed by atoms with van der Waals surface area (Å²) in [5.74, 6) is 0.0542. The molecule has 5 nitrogen and oxygen atoms in total. The first-order chi connectivity index (χ1) is 12.0. The Labute approximate surface area is 158 Å². The van der Waals surface area contributed by atoms with E-state index >= 15 is 0 Å². The number of nitrogens with one attached hydrogen (secondary N) is 2. The number of aromatic nitrogens is 3. The maximum absolute atomic E-state index is 12.9. The summed E-state index contributed by atoms with van der Waals surface area (Å²) in [6, 6.07) is 11.4. The van der Waals surface area contributed by atoms with Crippen LogP contribution in [-0.4, -0.2) is 19.9 Å². The molecule has 9 heteroatoms. The Morgan fingerprint density at radius 3 is 2.64 bits per heavy atom. The third-order valence-electron chi connectivity index (χ3n) is 3.22. The Hall–Kier alpha value is -2.22. The largest absolute Gasteiger partial charge is 0.331 e. The summed E-state index contributed by atoms with van der Waals surface area (Å²) < 4.78 is 14.5. The zero-order chi connectivity index (χ0) is 17.8. The smallest absolute Gasteiger partial charge is 0.248 e. The molecular formula is C16H12Cl2FN5S. The Morgan fingerprint density at radius 1 is 1.12 bits per heavy atom. The van der Waals surface area contributed by atoms with Crippen LogP contribution in [0.1, 0.15) is 5.56 Å². The van der Waals surface area contributed by atoms with E-state index in [9.17, 15) is 4.39 Å². The molecule has 3 rings (SSSR count). The van der Waals surface area contributed by atoms with Gasteiger partial charge in [0.1, 0.15) is 12.1 Å². The van der Waals surface area contributed by atoms with Gasteiger partial charge in [0.25, 0.3) is 0 Å². The Balaban J connectivity index is 1.61. The van der Waals surface area contributed by atoms with E-state index in [1.807, 2.05) is 0 Å². The van der Waals surface area contributed by atoms with Gasteiger partial charge in [-0.2, -0.15) is 0 Å².